The van der Waals surface area contributed by atoms with Crippen molar-refractivity contribution in [3.8, 4) is 0 Å². The van der Waals surface area contributed by atoms with Crippen molar-refractivity contribution in [3.63, 3.8) is 0 Å². The average molecular weight is 192 g/mol. The highest BCUT2D eigenvalue weighted by Crippen LogP contribution is 2.15. The number of pyridine rings is 1. The van der Waals surface area contributed by atoms with Crippen LogP contribution in [0, 0.1) is 0 Å². The number of nitrogens with two attached hydrogens (primary N) is 1. The molecule has 72 valence electrons. The van der Waals surface area contributed by atoms with Gasteiger partial charge in [-0.05, 0) is 6.07 Å². The fraction of sp³-hybridized carbons (Fsp3) is 0.125. The number of carbonyl (C=O) groups is 1. The number of carboxylic acid groups (broad SMARTS) is 1. The summed E-state index contributed by atoms with van der Waals surface area (Å²) in [6, 6.07) is 2.29. The zero-order chi connectivity index (χ0) is 10.1. The Labute approximate surface area is 79.0 Å². The molecule has 0 saturated carbocycles. The lowest BCUT2D eigenvalue weighted by Gasteiger charge is -2.06. The first-order chi connectivity index (χ1) is 6.70. The monoisotopic (exact) mass is 192 g/mol. The summed E-state index contributed by atoms with van der Waals surface area (Å²) in [4.78, 5) is 10.7. The Morgan fingerprint density at radius 2 is 2.43 bits per heavy atom. The third-order valence-electron chi connectivity index (χ3n) is 1.97. The Kier molecular flexibility index (Phi) is 1.90. The van der Waals surface area contributed by atoms with Crippen molar-refractivity contribution in [2.24, 2.45) is 5.73 Å². The van der Waals surface area contributed by atoms with E-state index in [-0.39, 0.29) is 0 Å². The van der Waals surface area contributed by atoms with E-state index in [0.29, 0.717) is 11.1 Å². The molecule has 0 bridgehead atoms. The predicted molar refractivity (Wildman–Crippen MR) is 47.6 cm³/mol. The molecule has 0 saturated heterocycles. The van der Waals surface area contributed by atoms with Gasteiger partial charge in [-0.15, -0.1) is 5.10 Å². The van der Waals surface area contributed by atoms with Crippen LogP contribution in [0.2, 0.25) is 0 Å². The highest BCUT2D eigenvalue weighted by atomic mass is 16.4. The maximum Gasteiger partial charge on any atom is 0.325 e. The van der Waals surface area contributed by atoms with Gasteiger partial charge in [0.15, 0.2) is 0 Å². The summed E-state index contributed by atoms with van der Waals surface area (Å²) in [5, 5.41) is 16.2. The molecule has 0 radical (unpaired) electrons. The predicted octanol–water partition coefficient (Wildman–Crippen LogP) is -0.186. The van der Waals surface area contributed by atoms with Gasteiger partial charge in [-0.2, -0.15) is 0 Å². The van der Waals surface area contributed by atoms with Crippen LogP contribution in [-0.4, -0.2) is 25.9 Å². The van der Waals surface area contributed by atoms with E-state index in [1.54, 1.807) is 18.3 Å². The van der Waals surface area contributed by atoms with Gasteiger partial charge in [0.1, 0.15) is 6.04 Å². The van der Waals surface area contributed by atoms with Gasteiger partial charge in [0.05, 0.1) is 11.7 Å². The molecule has 2 heterocycles. The van der Waals surface area contributed by atoms with Crippen LogP contribution >= 0.6 is 0 Å². The SMILES string of the molecule is NC(C(=O)O)c1cccn2nncc12. The highest BCUT2D eigenvalue weighted by Gasteiger charge is 2.17. The lowest BCUT2D eigenvalue weighted by molar-refractivity contribution is -0.138. The number of hydrogen-bond acceptors (Lipinski definition) is 4. The Hall–Kier alpha value is -1.95. The second-order valence-corrected chi connectivity index (χ2v) is 2.84. The topological polar surface area (TPSA) is 93.5 Å². The quantitative estimate of drug-likeness (QED) is 0.688. The van der Waals surface area contributed by atoms with Gasteiger partial charge in [0, 0.05) is 11.8 Å². The van der Waals surface area contributed by atoms with Crippen molar-refractivity contribution >= 4 is 11.5 Å². The third kappa shape index (κ3) is 1.21. The fourth-order valence-electron chi connectivity index (χ4n) is 1.27. The maximum absolute atomic E-state index is 10.7. The van der Waals surface area contributed by atoms with Crippen molar-refractivity contribution < 1.29 is 9.90 Å². The zero-order valence-electron chi connectivity index (χ0n) is 7.16. The molecular formula is C8H8N4O2. The molecule has 6 nitrogen and oxygen atoms in total. The number of fused-ring (bicyclic) bond motifs is 1. The van der Waals surface area contributed by atoms with Gasteiger partial charge < -0.3 is 10.8 Å². The van der Waals surface area contributed by atoms with Gasteiger partial charge in [0.2, 0.25) is 0 Å². The first-order valence-corrected chi connectivity index (χ1v) is 3.97. The molecule has 1 unspecified atom stereocenters. The van der Waals surface area contributed by atoms with E-state index in [1.807, 2.05) is 0 Å². The van der Waals surface area contributed by atoms with Crippen LogP contribution in [0.4, 0.5) is 0 Å². The maximum atomic E-state index is 10.7. The van der Waals surface area contributed by atoms with Crippen LogP contribution in [0.1, 0.15) is 11.6 Å². The second kappa shape index (κ2) is 3.08. The van der Waals surface area contributed by atoms with Crippen LogP contribution < -0.4 is 5.73 Å². The number of nitrogens with zero attached hydrogens (tertiary/aromatic N) is 3. The number of hydrogen-bond donors (Lipinski definition) is 2. The summed E-state index contributed by atoms with van der Waals surface area (Å²) in [6.07, 6.45) is 3.17. The van der Waals surface area contributed by atoms with Gasteiger partial charge in [-0.3, -0.25) is 4.79 Å². The van der Waals surface area contributed by atoms with Gasteiger partial charge in [-0.1, -0.05) is 11.3 Å². The summed E-state index contributed by atoms with van der Waals surface area (Å²) < 4.78 is 1.48. The molecule has 3 N–H and O–H groups in total. The van der Waals surface area contributed by atoms with Crippen LogP contribution in [0.5, 0.6) is 0 Å². The van der Waals surface area contributed by atoms with Crippen LogP contribution in [0.15, 0.2) is 24.5 Å². The van der Waals surface area contributed by atoms with Crippen LogP contribution in [-0.2, 0) is 4.79 Å². The first kappa shape index (κ1) is 8.64. The van der Waals surface area contributed by atoms with Crippen molar-refractivity contribution in [2.45, 2.75) is 6.04 Å². The zero-order valence-corrected chi connectivity index (χ0v) is 7.16. The Balaban J connectivity index is 2.61. The molecular weight excluding hydrogens is 184 g/mol. The molecule has 2 rings (SSSR count). The minimum absolute atomic E-state index is 0.505. The van der Waals surface area contributed by atoms with Crippen molar-refractivity contribution in [1.29, 1.82) is 0 Å². The van der Waals surface area contributed by atoms with E-state index >= 15 is 0 Å². The molecule has 0 aliphatic rings. The Morgan fingerprint density at radius 3 is 3.14 bits per heavy atom. The summed E-state index contributed by atoms with van der Waals surface area (Å²) in [7, 11) is 0. The smallest absolute Gasteiger partial charge is 0.325 e. The molecule has 0 aliphatic carbocycles. The van der Waals surface area contributed by atoms with Gasteiger partial charge in [-0.25, -0.2) is 4.52 Å². The van der Waals surface area contributed by atoms with Crippen LogP contribution in [0.3, 0.4) is 0 Å². The van der Waals surface area contributed by atoms with Crippen molar-refractivity contribution in [2.75, 3.05) is 0 Å². The third-order valence-corrected chi connectivity index (χ3v) is 1.97. The first-order valence-electron chi connectivity index (χ1n) is 3.97. The molecule has 0 amide bonds. The molecule has 2 aromatic rings. The highest BCUT2D eigenvalue weighted by molar-refractivity contribution is 5.78. The number of carboxylic acids is 1. The van der Waals surface area contributed by atoms with E-state index in [2.05, 4.69) is 10.3 Å². The van der Waals surface area contributed by atoms with E-state index in [4.69, 9.17) is 10.8 Å². The Bertz CT molecular complexity index is 479. The van der Waals surface area contributed by atoms with Crippen molar-refractivity contribution in [1.82, 2.24) is 14.8 Å². The molecule has 0 spiro atoms. The fourth-order valence-corrected chi connectivity index (χ4v) is 1.27. The molecule has 0 fully saturated rings. The van der Waals surface area contributed by atoms with E-state index < -0.39 is 12.0 Å². The minimum atomic E-state index is -1.07. The summed E-state index contributed by atoms with van der Waals surface area (Å²) in [5.74, 6) is -1.07. The summed E-state index contributed by atoms with van der Waals surface area (Å²) in [5.41, 5.74) is 6.61. The van der Waals surface area contributed by atoms with E-state index in [0.717, 1.165) is 0 Å². The number of aliphatic carboxylic acids is 1. The summed E-state index contributed by atoms with van der Waals surface area (Å²) >= 11 is 0. The summed E-state index contributed by atoms with van der Waals surface area (Å²) in [6.45, 7) is 0. The molecule has 1 atom stereocenters. The van der Waals surface area contributed by atoms with Gasteiger partial charge >= 0.3 is 5.97 Å². The molecule has 0 aliphatic heterocycles. The minimum Gasteiger partial charge on any atom is -0.480 e. The van der Waals surface area contributed by atoms with Crippen LogP contribution in [0.25, 0.3) is 5.52 Å². The van der Waals surface area contributed by atoms with Gasteiger partial charge in [0.25, 0.3) is 0 Å². The number of rotatable bonds is 2. The van der Waals surface area contributed by atoms with Crippen molar-refractivity contribution in [3.05, 3.63) is 30.1 Å². The normalized spacial score (nSPS) is 12.9. The lowest BCUT2D eigenvalue weighted by Crippen LogP contribution is -2.21. The largest absolute Gasteiger partial charge is 0.480 e. The molecule has 6 heteroatoms. The lowest BCUT2D eigenvalue weighted by atomic mass is 10.1. The number of aromatic nitrogens is 3. The average Bonchev–Trinajstić information content (AvgIpc) is 2.63. The molecule has 14 heavy (non-hydrogen) atoms. The molecule has 2 aromatic heterocycles. The van der Waals surface area contributed by atoms with E-state index in [9.17, 15) is 4.79 Å². The molecule has 0 aromatic carbocycles. The Morgan fingerprint density at radius 1 is 1.64 bits per heavy atom. The van der Waals surface area contributed by atoms with E-state index in [1.165, 1.54) is 10.7 Å². The standard InChI is InChI=1S/C8H8N4O2/c9-7(8(13)14)5-2-1-3-12-6(5)4-10-11-12/h1-4,7H,9H2,(H,13,14). The second-order valence-electron chi connectivity index (χ2n) is 2.84.